The fraction of sp³-hybridized carbons (Fsp3) is 0.348. The van der Waals surface area contributed by atoms with Crippen molar-refractivity contribution < 1.29 is 23.6 Å². The number of hydrogen-bond acceptors (Lipinski definition) is 6. The molecule has 7 nitrogen and oxygen atoms in total. The van der Waals surface area contributed by atoms with Crippen LogP contribution in [-0.4, -0.2) is 34.2 Å². The van der Waals surface area contributed by atoms with E-state index in [9.17, 15) is 9.59 Å². The molecule has 0 amide bonds. The van der Waals surface area contributed by atoms with Gasteiger partial charge in [0.05, 0.1) is 18.3 Å². The van der Waals surface area contributed by atoms with Crippen LogP contribution < -0.4 is 0 Å². The van der Waals surface area contributed by atoms with Gasteiger partial charge in [-0.3, -0.25) is 9.36 Å². The van der Waals surface area contributed by atoms with Crippen LogP contribution in [0.5, 0.6) is 0 Å². The quantitative estimate of drug-likeness (QED) is 0.405. The Morgan fingerprint density at radius 2 is 1.80 bits per heavy atom. The van der Waals surface area contributed by atoms with Gasteiger partial charge in [0.1, 0.15) is 5.76 Å². The third-order valence-corrected chi connectivity index (χ3v) is 4.68. The number of nitrogens with zero attached hydrogens (tertiary/aromatic N) is 2. The van der Waals surface area contributed by atoms with Gasteiger partial charge < -0.3 is 14.0 Å². The van der Waals surface area contributed by atoms with Gasteiger partial charge >= 0.3 is 5.97 Å². The second-order valence-electron chi connectivity index (χ2n) is 7.47. The number of aryl methyl sites for hydroxylation is 2. The molecule has 2 aromatic heterocycles. The summed E-state index contributed by atoms with van der Waals surface area (Å²) in [4.78, 5) is 25.0. The highest BCUT2D eigenvalue weighted by Crippen LogP contribution is 2.21. The number of carbonyl (C=O) groups is 2. The van der Waals surface area contributed by atoms with Gasteiger partial charge in [-0.2, -0.15) is 0 Å². The molecule has 0 radical (unpaired) electrons. The molecule has 2 heterocycles. The molecule has 7 heteroatoms. The van der Waals surface area contributed by atoms with Gasteiger partial charge in [-0.25, -0.2) is 4.79 Å². The average molecular weight is 410 g/mol. The summed E-state index contributed by atoms with van der Waals surface area (Å²) in [5, 5.41) is 4.01. The third kappa shape index (κ3) is 4.86. The molecule has 30 heavy (non-hydrogen) atoms. The van der Waals surface area contributed by atoms with E-state index in [2.05, 4.69) is 5.16 Å². The average Bonchev–Trinajstić information content (AvgIpc) is 3.26. The van der Waals surface area contributed by atoms with Crippen molar-refractivity contribution in [2.75, 3.05) is 6.61 Å². The molecule has 0 spiro atoms. The van der Waals surface area contributed by atoms with Gasteiger partial charge in [0.15, 0.2) is 12.4 Å². The molecule has 3 rings (SSSR count). The smallest absolute Gasteiger partial charge is 0.338 e. The van der Waals surface area contributed by atoms with Crippen molar-refractivity contribution in [1.29, 1.82) is 0 Å². The maximum atomic E-state index is 12.7. The number of benzene rings is 1. The maximum Gasteiger partial charge on any atom is 0.338 e. The summed E-state index contributed by atoms with van der Waals surface area (Å²) in [7, 11) is 0. The maximum absolute atomic E-state index is 12.7. The van der Waals surface area contributed by atoms with E-state index in [4.69, 9.17) is 14.0 Å². The Morgan fingerprint density at radius 3 is 2.40 bits per heavy atom. The van der Waals surface area contributed by atoms with Crippen LogP contribution in [-0.2, 0) is 16.1 Å². The first-order valence-electron chi connectivity index (χ1n) is 9.79. The molecule has 0 N–H and O–H groups in total. The lowest BCUT2D eigenvalue weighted by Crippen LogP contribution is -2.15. The Balaban J connectivity index is 1.64. The molecule has 0 aliphatic carbocycles. The van der Waals surface area contributed by atoms with Gasteiger partial charge in [-0.05, 0) is 58.4 Å². The molecule has 0 saturated heterocycles. The summed E-state index contributed by atoms with van der Waals surface area (Å²) in [5.74, 6) is 0.478. The summed E-state index contributed by atoms with van der Waals surface area (Å²) in [5.41, 5.74) is 3.40. The van der Waals surface area contributed by atoms with Crippen molar-refractivity contribution in [3.05, 3.63) is 70.2 Å². The van der Waals surface area contributed by atoms with E-state index in [-0.39, 0.29) is 18.5 Å². The zero-order chi connectivity index (χ0) is 21.8. The summed E-state index contributed by atoms with van der Waals surface area (Å²) in [6.07, 6.45) is 0.135. The minimum absolute atomic E-state index is 0.135. The lowest BCUT2D eigenvalue weighted by Gasteiger charge is -2.08. The molecule has 0 unspecified atom stereocenters. The molecular weight excluding hydrogens is 384 g/mol. The van der Waals surface area contributed by atoms with E-state index in [1.54, 1.807) is 31.2 Å². The second-order valence-corrected chi connectivity index (χ2v) is 7.47. The van der Waals surface area contributed by atoms with Crippen LogP contribution in [0.15, 0.2) is 40.9 Å². The molecule has 0 bridgehead atoms. The van der Waals surface area contributed by atoms with E-state index in [0.717, 1.165) is 17.0 Å². The Bertz CT molecular complexity index is 1040. The Kier molecular flexibility index (Phi) is 6.52. The minimum Gasteiger partial charge on any atom is -0.454 e. The van der Waals surface area contributed by atoms with Gasteiger partial charge in [0.25, 0.3) is 0 Å². The molecule has 0 fully saturated rings. The molecule has 0 saturated carbocycles. The van der Waals surface area contributed by atoms with E-state index < -0.39 is 5.97 Å². The van der Waals surface area contributed by atoms with Crippen LogP contribution in [0.4, 0.5) is 0 Å². The fourth-order valence-corrected chi connectivity index (χ4v) is 3.15. The van der Waals surface area contributed by atoms with E-state index >= 15 is 0 Å². The topological polar surface area (TPSA) is 83.6 Å². The lowest BCUT2D eigenvalue weighted by molar-refractivity contribution is 0.0474. The molecule has 0 atom stereocenters. The lowest BCUT2D eigenvalue weighted by atomic mass is 10.1. The van der Waals surface area contributed by atoms with Crippen LogP contribution in [0.2, 0.25) is 0 Å². The SMILES string of the molecule is Cc1cc(-n2c(C)cc(C(=O)COC(=O)c3ccc(COC(C)C)cc3)c2C)no1. The van der Waals surface area contributed by atoms with Crippen LogP contribution in [0.1, 0.15) is 57.3 Å². The van der Waals surface area contributed by atoms with Crippen molar-refractivity contribution in [1.82, 2.24) is 9.72 Å². The molecule has 1 aromatic carbocycles. The zero-order valence-corrected chi connectivity index (χ0v) is 17.9. The highest BCUT2D eigenvalue weighted by Gasteiger charge is 2.20. The highest BCUT2D eigenvalue weighted by atomic mass is 16.5. The highest BCUT2D eigenvalue weighted by molar-refractivity contribution is 6.00. The van der Waals surface area contributed by atoms with E-state index in [0.29, 0.717) is 29.3 Å². The first kappa shape index (κ1) is 21.5. The molecule has 158 valence electrons. The Labute approximate surface area is 175 Å². The van der Waals surface area contributed by atoms with Crippen molar-refractivity contribution >= 4 is 11.8 Å². The summed E-state index contributed by atoms with van der Waals surface area (Å²) in [6, 6.07) is 10.5. The number of aromatic nitrogens is 2. The number of rotatable bonds is 8. The van der Waals surface area contributed by atoms with Crippen LogP contribution in [0.3, 0.4) is 0 Å². The fourth-order valence-electron chi connectivity index (χ4n) is 3.15. The second kappa shape index (κ2) is 9.09. The standard InChI is InChI=1S/C23H26N2O5/c1-14(2)28-12-18-6-8-19(9-7-18)23(27)29-13-21(26)20-10-15(3)25(17(20)5)22-11-16(4)30-24-22/h6-11,14H,12-13H2,1-5H3. The van der Waals surface area contributed by atoms with E-state index in [1.807, 2.05) is 44.4 Å². The van der Waals surface area contributed by atoms with Gasteiger partial charge in [0.2, 0.25) is 5.78 Å². The summed E-state index contributed by atoms with van der Waals surface area (Å²) >= 11 is 0. The number of carbonyl (C=O) groups excluding carboxylic acids is 2. The predicted octanol–water partition coefficient (Wildman–Crippen LogP) is 4.36. The monoisotopic (exact) mass is 410 g/mol. The Hall–Kier alpha value is -3.19. The van der Waals surface area contributed by atoms with Crippen molar-refractivity contribution in [2.45, 2.75) is 47.3 Å². The predicted molar refractivity (Wildman–Crippen MR) is 111 cm³/mol. The van der Waals surface area contributed by atoms with Crippen LogP contribution in [0.25, 0.3) is 5.82 Å². The normalized spacial score (nSPS) is 11.1. The number of Topliss-reactive ketones (excluding diaryl/α,β-unsaturated/α-hetero) is 1. The zero-order valence-electron chi connectivity index (χ0n) is 17.9. The van der Waals surface area contributed by atoms with Crippen LogP contribution in [0, 0.1) is 20.8 Å². The minimum atomic E-state index is -0.541. The van der Waals surface area contributed by atoms with Crippen molar-refractivity contribution in [2.24, 2.45) is 0 Å². The first-order chi connectivity index (χ1) is 14.3. The van der Waals surface area contributed by atoms with Gasteiger partial charge in [-0.15, -0.1) is 0 Å². The number of ether oxygens (including phenoxy) is 2. The Morgan fingerprint density at radius 1 is 1.10 bits per heavy atom. The molecule has 0 aliphatic heterocycles. The molecular formula is C23H26N2O5. The van der Waals surface area contributed by atoms with Crippen LogP contribution >= 0.6 is 0 Å². The van der Waals surface area contributed by atoms with Crippen molar-refractivity contribution in [3.63, 3.8) is 0 Å². The number of ketones is 1. The number of hydrogen-bond donors (Lipinski definition) is 0. The van der Waals surface area contributed by atoms with Crippen molar-refractivity contribution in [3.8, 4) is 5.82 Å². The summed E-state index contributed by atoms with van der Waals surface area (Å²) in [6.45, 7) is 9.58. The largest absolute Gasteiger partial charge is 0.454 e. The van der Waals surface area contributed by atoms with Gasteiger partial charge in [0, 0.05) is 23.0 Å². The number of esters is 1. The van der Waals surface area contributed by atoms with Gasteiger partial charge in [-0.1, -0.05) is 17.3 Å². The third-order valence-electron chi connectivity index (χ3n) is 4.68. The summed E-state index contributed by atoms with van der Waals surface area (Å²) < 4.78 is 17.7. The first-order valence-corrected chi connectivity index (χ1v) is 9.79. The van der Waals surface area contributed by atoms with E-state index in [1.165, 1.54) is 0 Å². The molecule has 3 aromatic rings. The molecule has 0 aliphatic rings.